The van der Waals surface area contributed by atoms with E-state index in [1.807, 2.05) is 36.4 Å². The molecule has 0 unspecified atom stereocenters. The number of thiocarbonyl (C=S) groups is 1. The molecule has 2 aromatic heterocycles. The molecule has 0 spiro atoms. The van der Waals surface area contributed by atoms with E-state index in [9.17, 15) is 4.79 Å². The Labute approximate surface area is 195 Å². The maximum atomic E-state index is 11.6. The van der Waals surface area contributed by atoms with Crippen LogP contribution in [0.4, 0.5) is 0 Å². The van der Waals surface area contributed by atoms with Gasteiger partial charge in [0.2, 0.25) is 0 Å². The van der Waals surface area contributed by atoms with Gasteiger partial charge in [0, 0.05) is 41.2 Å². The van der Waals surface area contributed by atoms with Crippen LogP contribution in [-0.2, 0) is 9.53 Å². The molecule has 3 aromatic rings. The van der Waals surface area contributed by atoms with E-state index >= 15 is 0 Å². The zero-order valence-electron chi connectivity index (χ0n) is 17.1. The molecule has 1 fully saturated rings. The molecule has 0 aliphatic carbocycles. The molecule has 6 nitrogen and oxygen atoms in total. The predicted octanol–water partition coefficient (Wildman–Crippen LogP) is 4.56. The molecule has 1 aromatic carbocycles. The van der Waals surface area contributed by atoms with Gasteiger partial charge in [-0.25, -0.2) is 0 Å². The van der Waals surface area contributed by atoms with E-state index in [0.717, 1.165) is 21.5 Å². The minimum atomic E-state index is -0.214. The van der Waals surface area contributed by atoms with Gasteiger partial charge in [-0.2, -0.15) is 0 Å². The van der Waals surface area contributed by atoms with Crippen molar-refractivity contribution in [3.63, 3.8) is 0 Å². The Kier molecular flexibility index (Phi) is 6.67. The summed E-state index contributed by atoms with van der Waals surface area (Å²) < 4.78 is 7.98. The smallest absolute Gasteiger partial charge is 0.305 e. The summed E-state index contributed by atoms with van der Waals surface area (Å²) in [5, 5.41) is 4.12. The highest BCUT2D eigenvalue weighted by Crippen LogP contribution is 2.39. The van der Waals surface area contributed by atoms with Gasteiger partial charge in [-0.15, -0.1) is 0 Å². The molecule has 8 heteroatoms. The summed E-state index contributed by atoms with van der Waals surface area (Å²) in [5.41, 5.74) is 3.08. The fourth-order valence-electron chi connectivity index (χ4n) is 3.96. The Bertz CT molecular complexity index is 1070. The van der Waals surface area contributed by atoms with Crippen molar-refractivity contribution < 1.29 is 9.53 Å². The third-order valence-electron chi connectivity index (χ3n) is 5.38. The number of nitrogens with one attached hydrogen (secondary N) is 1. The summed E-state index contributed by atoms with van der Waals surface area (Å²) in [7, 11) is 1.41. The van der Waals surface area contributed by atoms with Crippen LogP contribution in [0.5, 0.6) is 0 Å². The first-order valence-corrected chi connectivity index (χ1v) is 11.3. The molecule has 0 bridgehead atoms. The van der Waals surface area contributed by atoms with Crippen LogP contribution in [0.1, 0.15) is 36.3 Å². The summed E-state index contributed by atoms with van der Waals surface area (Å²) >= 11 is 9.28. The lowest BCUT2D eigenvalue weighted by atomic mass is 10.0. The van der Waals surface area contributed by atoms with Gasteiger partial charge < -0.3 is 19.5 Å². The second-order valence-corrected chi connectivity index (χ2v) is 8.58. The lowest BCUT2D eigenvalue weighted by molar-refractivity contribution is -0.140. The number of esters is 1. The lowest BCUT2D eigenvalue weighted by Crippen LogP contribution is -2.31. The first kappa shape index (κ1) is 21.5. The number of pyridine rings is 1. The fourth-order valence-corrected chi connectivity index (χ4v) is 4.68. The standard InChI is InChI=1S/C23H23BrN4O2S/c1-30-20(29)11-6-14-28-22(21(26-23(28)31)18-9-2-3-12-25-18)19-10-5-13-27(19)17-8-4-7-16(24)15-17/h2-5,7-10,12-13,15,21-22H,6,11,14H2,1H3,(H,26,31)/t21-,22+/m1/s1. The summed E-state index contributed by atoms with van der Waals surface area (Å²) in [6.07, 6.45) is 4.85. The molecule has 3 heterocycles. The van der Waals surface area contributed by atoms with Gasteiger partial charge in [0.05, 0.1) is 24.9 Å². The number of halogens is 1. The van der Waals surface area contributed by atoms with Crippen molar-refractivity contribution in [1.29, 1.82) is 0 Å². The van der Waals surface area contributed by atoms with Gasteiger partial charge in [0.1, 0.15) is 0 Å². The normalized spacial score (nSPS) is 18.1. The number of benzene rings is 1. The number of carbonyl (C=O) groups excluding carboxylic acids is 1. The number of hydrogen-bond acceptors (Lipinski definition) is 4. The van der Waals surface area contributed by atoms with E-state index in [0.29, 0.717) is 24.5 Å². The monoisotopic (exact) mass is 498 g/mol. The second kappa shape index (κ2) is 9.62. The van der Waals surface area contributed by atoms with E-state index in [4.69, 9.17) is 17.0 Å². The zero-order valence-corrected chi connectivity index (χ0v) is 19.5. The molecular weight excluding hydrogens is 476 g/mol. The van der Waals surface area contributed by atoms with Crippen molar-refractivity contribution in [2.75, 3.05) is 13.7 Å². The summed E-state index contributed by atoms with van der Waals surface area (Å²) in [4.78, 5) is 18.4. The number of nitrogens with zero attached hydrogens (tertiary/aromatic N) is 3. The first-order chi connectivity index (χ1) is 15.1. The van der Waals surface area contributed by atoms with Crippen LogP contribution in [0.2, 0.25) is 0 Å². The van der Waals surface area contributed by atoms with Gasteiger partial charge in [-0.3, -0.25) is 9.78 Å². The molecule has 0 saturated carbocycles. The molecule has 1 aliphatic heterocycles. The molecule has 31 heavy (non-hydrogen) atoms. The molecule has 1 N–H and O–H groups in total. The van der Waals surface area contributed by atoms with Gasteiger partial charge in [-0.05, 0) is 61.1 Å². The predicted molar refractivity (Wildman–Crippen MR) is 127 cm³/mol. The topological polar surface area (TPSA) is 59.4 Å². The van der Waals surface area contributed by atoms with E-state index in [1.54, 1.807) is 6.20 Å². The summed E-state index contributed by atoms with van der Waals surface area (Å²) in [6.45, 7) is 0.637. The Morgan fingerprint density at radius 1 is 1.23 bits per heavy atom. The fraction of sp³-hybridized carbons (Fsp3) is 0.261. The van der Waals surface area contributed by atoms with Crippen molar-refractivity contribution in [1.82, 2.24) is 19.8 Å². The van der Waals surface area contributed by atoms with Crippen LogP contribution in [0, 0.1) is 0 Å². The SMILES string of the molecule is COC(=O)CCCN1C(=S)N[C@H](c2ccccn2)[C@@H]1c1cccn1-c1cccc(Br)c1. The van der Waals surface area contributed by atoms with Gasteiger partial charge in [0.25, 0.3) is 0 Å². The minimum Gasteiger partial charge on any atom is -0.469 e. The van der Waals surface area contributed by atoms with Gasteiger partial charge >= 0.3 is 5.97 Å². The minimum absolute atomic E-state index is 0.0750. The number of methoxy groups -OCH3 is 1. The zero-order chi connectivity index (χ0) is 21.8. The van der Waals surface area contributed by atoms with Gasteiger partial charge in [-0.1, -0.05) is 28.1 Å². The van der Waals surface area contributed by atoms with E-state index < -0.39 is 0 Å². The van der Waals surface area contributed by atoms with Crippen LogP contribution >= 0.6 is 28.1 Å². The van der Waals surface area contributed by atoms with Gasteiger partial charge in [0.15, 0.2) is 5.11 Å². The van der Waals surface area contributed by atoms with Crippen LogP contribution in [-0.4, -0.2) is 39.2 Å². The number of rotatable bonds is 7. The third-order valence-corrected chi connectivity index (χ3v) is 6.22. The quantitative estimate of drug-likeness (QED) is 0.380. The van der Waals surface area contributed by atoms with Crippen LogP contribution in [0.15, 0.2) is 71.5 Å². The first-order valence-electron chi connectivity index (χ1n) is 10.1. The molecule has 2 atom stereocenters. The molecule has 1 saturated heterocycles. The number of hydrogen-bond donors (Lipinski definition) is 1. The highest BCUT2D eigenvalue weighted by molar-refractivity contribution is 9.10. The largest absolute Gasteiger partial charge is 0.469 e. The molecule has 4 rings (SSSR count). The average Bonchev–Trinajstić information content (AvgIpc) is 3.39. The van der Waals surface area contributed by atoms with Crippen LogP contribution < -0.4 is 5.32 Å². The van der Waals surface area contributed by atoms with Crippen molar-refractivity contribution in [2.45, 2.75) is 24.9 Å². The highest BCUT2D eigenvalue weighted by Gasteiger charge is 2.41. The van der Waals surface area contributed by atoms with Crippen molar-refractivity contribution in [3.05, 3.63) is 82.9 Å². The Morgan fingerprint density at radius 3 is 2.84 bits per heavy atom. The molecule has 1 aliphatic rings. The number of ether oxygens (including phenoxy) is 1. The van der Waals surface area contributed by atoms with Crippen molar-refractivity contribution in [2.24, 2.45) is 0 Å². The maximum Gasteiger partial charge on any atom is 0.305 e. The molecule has 0 radical (unpaired) electrons. The van der Waals surface area contributed by atoms with Crippen LogP contribution in [0.3, 0.4) is 0 Å². The summed E-state index contributed by atoms with van der Waals surface area (Å²) in [5.74, 6) is -0.214. The van der Waals surface area contributed by atoms with E-state index in [1.165, 1.54) is 7.11 Å². The molecule has 0 amide bonds. The Hall–Kier alpha value is -2.71. The van der Waals surface area contributed by atoms with Crippen molar-refractivity contribution in [3.8, 4) is 5.69 Å². The Morgan fingerprint density at radius 2 is 2.10 bits per heavy atom. The maximum absolute atomic E-state index is 11.6. The van der Waals surface area contributed by atoms with E-state index in [2.05, 4.69) is 60.1 Å². The third kappa shape index (κ3) is 4.65. The van der Waals surface area contributed by atoms with E-state index in [-0.39, 0.29) is 18.1 Å². The number of aromatic nitrogens is 2. The average molecular weight is 499 g/mol. The summed E-state index contributed by atoms with van der Waals surface area (Å²) in [6, 6.07) is 18.1. The second-order valence-electron chi connectivity index (χ2n) is 7.28. The van der Waals surface area contributed by atoms with Crippen LogP contribution in [0.25, 0.3) is 5.69 Å². The molecular formula is C23H23BrN4O2S. The number of carbonyl (C=O) groups is 1. The molecule has 160 valence electrons. The Balaban J connectivity index is 1.72. The lowest BCUT2D eigenvalue weighted by Gasteiger charge is -2.29. The highest BCUT2D eigenvalue weighted by atomic mass is 79.9. The van der Waals surface area contributed by atoms with Crippen molar-refractivity contribution >= 4 is 39.2 Å².